The molecule has 1 heterocycles. The van der Waals surface area contributed by atoms with Crippen LogP contribution in [0.5, 0.6) is 0 Å². The molecule has 3 rings (SSSR count). The predicted octanol–water partition coefficient (Wildman–Crippen LogP) is 5.17. The van der Waals surface area contributed by atoms with Gasteiger partial charge in [-0.2, -0.15) is 0 Å². The van der Waals surface area contributed by atoms with Gasteiger partial charge in [-0.05, 0) is 69.5 Å². The molecule has 160 valence electrons. The van der Waals surface area contributed by atoms with E-state index in [4.69, 9.17) is 16.3 Å². The molecule has 2 atom stereocenters. The summed E-state index contributed by atoms with van der Waals surface area (Å²) in [4.78, 5) is 27.2. The van der Waals surface area contributed by atoms with Crippen LogP contribution < -0.4 is 5.32 Å². The number of carbonyl (C=O) groups is 2. The maximum absolute atomic E-state index is 12.8. The summed E-state index contributed by atoms with van der Waals surface area (Å²) in [7, 11) is 0. The van der Waals surface area contributed by atoms with Crippen molar-refractivity contribution in [3.05, 3.63) is 70.2 Å². The molecule has 30 heavy (non-hydrogen) atoms. The van der Waals surface area contributed by atoms with Crippen molar-refractivity contribution >= 4 is 23.6 Å². The first-order valence-corrected chi connectivity index (χ1v) is 10.6. The number of hydrogen-bond donors (Lipinski definition) is 1. The van der Waals surface area contributed by atoms with Crippen LogP contribution in [0, 0.1) is 6.92 Å². The second kappa shape index (κ2) is 9.09. The molecule has 1 aliphatic heterocycles. The third-order valence-corrected chi connectivity index (χ3v) is 5.53. The lowest BCUT2D eigenvalue weighted by atomic mass is 9.83. The van der Waals surface area contributed by atoms with Crippen LogP contribution in [0.1, 0.15) is 54.6 Å². The highest BCUT2D eigenvalue weighted by molar-refractivity contribution is 6.30. The summed E-state index contributed by atoms with van der Waals surface area (Å²) in [6.45, 7) is 8.67. The Morgan fingerprint density at radius 2 is 1.77 bits per heavy atom. The summed E-state index contributed by atoms with van der Waals surface area (Å²) >= 11 is 5.94. The van der Waals surface area contributed by atoms with Crippen LogP contribution in [0.2, 0.25) is 5.02 Å². The second-order valence-electron chi connectivity index (χ2n) is 8.76. The zero-order chi connectivity index (χ0) is 21.9. The van der Waals surface area contributed by atoms with E-state index in [9.17, 15) is 9.59 Å². The number of likely N-dealkylation sites (tertiary alicyclic amines) is 1. The lowest BCUT2D eigenvalue weighted by Gasteiger charge is -2.40. The molecule has 1 fully saturated rings. The maximum Gasteiger partial charge on any atom is 0.410 e. The van der Waals surface area contributed by atoms with Gasteiger partial charge in [0.1, 0.15) is 5.60 Å². The van der Waals surface area contributed by atoms with Crippen molar-refractivity contribution in [1.82, 2.24) is 10.2 Å². The van der Waals surface area contributed by atoms with Gasteiger partial charge in [-0.1, -0.05) is 35.9 Å². The van der Waals surface area contributed by atoms with E-state index in [1.54, 1.807) is 29.2 Å². The average molecular weight is 429 g/mol. The predicted molar refractivity (Wildman–Crippen MR) is 119 cm³/mol. The van der Waals surface area contributed by atoms with Crippen molar-refractivity contribution < 1.29 is 14.3 Å². The molecule has 2 aromatic carbocycles. The molecule has 0 aliphatic carbocycles. The molecular formula is C24H29ClN2O3. The highest BCUT2D eigenvalue weighted by Gasteiger charge is 2.35. The Labute approximate surface area is 183 Å². The Morgan fingerprint density at radius 3 is 2.40 bits per heavy atom. The van der Waals surface area contributed by atoms with E-state index < -0.39 is 5.60 Å². The molecule has 0 saturated carbocycles. The maximum atomic E-state index is 12.8. The van der Waals surface area contributed by atoms with Crippen LogP contribution in [0.25, 0.3) is 0 Å². The van der Waals surface area contributed by atoms with Crippen molar-refractivity contribution in [2.45, 2.75) is 51.7 Å². The number of piperidine rings is 1. The summed E-state index contributed by atoms with van der Waals surface area (Å²) in [6.07, 6.45) is 0.334. The molecule has 0 aromatic heterocycles. The fourth-order valence-corrected chi connectivity index (χ4v) is 3.91. The third kappa shape index (κ3) is 5.54. The largest absolute Gasteiger partial charge is 0.444 e. The third-order valence-electron chi connectivity index (χ3n) is 5.28. The highest BCUT2D eigenvalue weighted by atomic mass is 35.5. The lowest BCUT2D eigenvalue weighted by molar-refractivity contribution is 0.0177. The van der Waals surface area contributed by atoms with E-state index in [2.05, 4.69) is 24.4 Å². The average Bonchev–Trinajstić information content (AvgIpc) is 2.68. The van der Waals surface area contributed by atoms with Crippen LogP contribution >= 0.6 is 11.6 Å². The minimum Gasteiger partial charge on any atom is -0.444 e. The number of hydrogen-bond acceptors (Lipinski definition) is 3. The standard InChI is InChI=1S/C24H29ClN2O3/c1-16-7-5-6-8-19(16)20-15-27(23(29)30-24(2,3)4)14-13-21(20)26-22(28)17-9-11-18(25)12-10-17/h5-12,20-21H,13-15H2,1-4H3,(H,26,28). The van der Waals surface area contributed by atoms with Crippen molar-refractivity contribution in [1.29, 1.82) is 0 Å². The molecule has 1 aliphatic rings. The molecular weight excluding hydrogens is 400 g/mol. The van der Waals surface area contributed by atoms with Gasteiger partial charge in [0.05, 0.1) is 0 Å². The van der Waals surface area contributed by atoms with E-state index in [1.165, 1.54) is 0 Å². The molecule has 0 radical (unpaired) electrons. The number of aryl methyl sites for hydroxylation is 1. The van der Waals surface area contributed by atoms with Crippen molar-refractivity contribution in [3.63, 3.8) is 0 Å². The van der Waals surface area contributed by atoms with Crippen LogP contribution in [0.3, 0.4) is 0 Å². The van der Waals surface area contributed by atoms with Gasteiger partial charge in [-0.3, -0.25) is 4.79 Å². The number of carbonyl (C=O) groups excluding carboxylic acids is 2. The fourth-order valence-electron chi connectivity index (χ4n) is 3.79. The molecule has 0 bridgehead atoms. The Kier molecular flexibility index (Phi) is 6.71. The minimum absolute atomic E-state index is 0.0243. The van der Waals surface area contributed by atoms with Gasteiger partial charge in [-0.15, -0.1) is 0 Å². The van der Waals surface area contributed by atoms with E-state index in [1.807, 2.05) is 32.9 Å². The van der Waals surface area contributed by atoms with Crippen molar-refractivity contribution in [3.8, 4) is 0 Å². The molecule has 5 nitrogen and oxygen atoms in total. The second-order valence-corrected chi connectivity index (χ2v) is 9.20. The number of amides is 2. The molecule has 1 saturated heterocycles. The molecule has 0 spiro atoms. The molecule has 2 unspecified atom stereocenters. The zero-order valence-corrected chi connectivity index (χ0v) is 18.7. The number of benzene rings is 2. The van der Waals surface area contributed by atoms with Crippen LogP contribution in [-0.2, 0) is 4.74 Å². The summed E-state index contributed by atoms with van der Waals surface area (Å²) in [5, 5.41) is 3.77. The number of ether oxygens (including phenoxy) is 1. The van der Waals surface area contributed by atoms with Gasteiger partial charge in [0.2, 0.25) is 0 Å². The minimum atomic E-state index is -0.547. The lowest BCUT2D eigenvalue weighted by Crippen LogP contribution is -2.52. The normalized spacial score (nSPS) is 19.3. The first-order chi connectivity index (χ1) is 14.1. The number of nitrogens with zero attached hydrogens (tertiary/aromatic N) is 1. The van der Waals surface area contributed by atoms with Crippen LogP contribution in [0.15, 0.2) is 48.5 Å². The number of nitrogens with one attached hydrogen (secondary N) is 1. The first-order valence-electron chi connectivity index (χ1n) is 10.2. The molecule has 2 amide bonds. The Bertz CT molecular complexity index is 905. The zero-order valence-electron chi connectivity index (χ0n) is 17.9. The van der Waals surface area contributed by atoms with Crippen molar-refractivity contribution in [2.24, 2.45) is 0 Å². The monoisotopic (exact) mass is 428 g/mol. The summed E-state index contributed by atoms with van der Waals surface area (Å²) in [5.41, 5.74) is 2.29. The Hall–Kier alpha value is -2.53. The number of halogens is 1. The van der Waals surface area contributed by atoms with Crippen LogP contribution in [0.4, 0.5) is 4.79 Å². The summed E-state index contributed by atoms with van der Waals surface area (Å²) in [5.74, 6) is -0.162. The Balaban J connectivity index is 1.81. The van der Waals surface area contributed by atoms with Gasteiger partial charge in [0.15, 0.2) is 0 Å². The SMILES string of the molecule is Cc1ccccc1C1CN(C(=O)OC(C)(C)C)CCC1NC(=O)c1ccc(Cl)cc1. The summed E-state index contributed by atoms with van der Waals surface area (Å²) < 4.78 is 5.58. The highest BCUT2D eigenvalue weighted by Crippen LogP contribution is 2.30. The van der Waals surface area contributed by atoms with Crippen LogP contribution in [-0.4, -0.2) is 41.6 Å². The van der Waals surface area contributed by atoms with Gasteiger partial charge in [0, 0.05) is 35.6 Å². The molecule has 6 heteroatoms. The Morgan fingerprint density at radius 1 is 1.10 bits per heavy atom. The van der Waals surface area contributed by atoms with E-state index >= 15 is 0 Å². The fraction of sp³-hybridized carbons (Fsp3) is 0.417. The topological polar surface area (TPSA) is 58.6 Å². The van der Waals surface area contributed by atoms with Gasteiger partial charge in [-0.25, -0.2) is 4.79 Å². The molecule has 2 aromatic rings. The molecule has 1 N–H and O–H groups in total. The summed E-state index contributed by atoms with van der Waals surface area (Å²) in [6, 6.07) is 14.9. The van der Waals surface area contributed by atoms with Gasteiger partial charge in [0.25, 0.3) is 5.91 Å². The smallest absolute Gasteiger partial charge is 0.410 e. The first kappa shape index (κ1) is 22.2. The van der Waals surface area contributed by atoms with Crippen molar-refractivity contribution in [2.75, 3.05) is 13.1 Å². The van der Waals surface area contributed by atoms with E-state index in [0.29, 0.717) is 30.1 Å². The van der Waals surface area contributed by atoms with Gasteiger partial charge < -0.3 is 15.0 Å². The van der Waals surface area contributed by atoms with Gasteiger partial charge >= 0.3 is 6.09 Å². The number of rotatable bonds is 3. The van der Waals surface area contributed by atoms with E-state index in [-0.39, 0.29) is 24.0 Å². The van der Waals surface area contributed by atoms with E-state index in [0.717, 1.165) is 11.1 Å². The quantitative estimate of drug-likeness (QED) is 0.733.